The molecule has 3 N–H and O–H groups in total. The molecule has 0 aliphatic heterocycles. The lowest BCUT2D eigenvalue weighted by Crippen LogP contribution is -2.45. The number of carbonyl (C=O) groups excluding carboxylic acids is 2. The van der Waals surface area contributed by atoms with Crippen molar-refractivity contribution in [3.8, 4) is 11.1 Å². The Hall–Kier alpha value is -3.61. The van der Waals surface area contributed by atoms with Gasteiger partial charge in [-0.3, -0.25) is 4.79 Å². The van der Waals surface area contributed by atoms with E-state index in [2.05, 4.69) is 34.9 Å². The summed E-state index contributed by atoms with van der Waals surface area (Å²) in [4.78, 5) is 35.7. The molecule has 2 amide bonds. The Bertz CT molecular complexity index is 1070. The van der Waals surface area contributed by atoms with Gasteiger partial charge in [-0.1, -0.05) is 61.0 Å². The van der Waals surface area contributed by atoms with E-state index in [0.717, 1.165) is 30.4 Å². The van der Waals surface area contributed by atoms with E-state index in [1.165, 1.54) is 24.1 Å². The maximum atomic E-state index is 12.5. The number of carboxylic acid groups (broad SMARTS) is 1. The zero-order chi connectivity index (χ0) is 24.1. The summed E-state index contributed by atoms with van der Waals surface area (Å²) in [6, 6.07) is 16.4. The Morgan fingerprint density at radius 1 is 1.03 bits per heavy atom. The van der Waals surface area contributed by atoms with Gasteiger partial charge in [0.1, 0.15) is 6.61 Å². The molecule has 2 aliphatic carbocycles. The highest BCUT2D eigenvalue weighted by atomic mass is 16.5. The van der Waals surface area contributed by atoms with Gasteiger partial charge in [0.25, 0.3) is 0 Å². The minimum atomic E-state index is -1.00. The summed E-state index contributed by atoms with van der Waals surface area (Å²) < 4.78 is 5.61. The summed E-state index contributed by atoms with van der Waals surface area (Å²) in [5.41, 5.74) is 4.60. The van der Waals surface area contributed by atoms with E-state index in [9.17, 15) is 14.4 Å². The van der Waals surface area contributed by atoms with Crippen LogP contribution in [0.3, 0.4) is 0 Å². The quantitative estimate of drug-likeness (QED) is 0.484. The lowest BCUT2D eigenvalue weighted by molar-refractivity contribution is -0.132. The van der Waals surface area contributed by atoms with E-state index >= 15 is 0 Å². The van der Waals surface area contributed by atoms with Gasteiger partial charge in [0.05, 0.1) is 0 Å². The second-order valence-electron chi connectivity index (χ2n) is 9.21. The maximum absolute atomic E-state index is 12.5. The summed E-state index contributed by atoms with van der Waals surface area (Å²) in [5.74, 6) is -1.15. The van der Waals surface area contributed by atoms with Crippen molar-refractivity contribution in [3.63, 3.8) is 0 Å². The molecule has 0 heterocycles. The third kappa shape index (κ3) is 5.14. The number of hydrogen-bond acceptors (Lipinski definition) is 4. The van der Waals surface area contributed by atoms with Crippen LogP contribution in [0.5, 0.6) is 0 Å². The molecule has 2 aliphatic rings. The molecule has 178 valence electrons. The normalized spacial score (nSPS) is 16.1. The van der Waals surface area contributed by atoms with Gasteiger partial charge in [-0.15, -0.1) is 0 Å². The maximum Gasteiger partial charge on any atom is 0.407 e. The van der Waals surface area contributed by atoms with Crippen LogP contribution in [0.2, 0.25) is 0 Å². The first-order chi connectivity index (χ1) is 16.4. The molecule has 4 rings (SSSR count). The SMILES string of the molecule is C/C(=C\CNC(=O)CC1(CNC(=O)OCC2c3ccccc3-c3ccccc32)CCC1)C(=O)O. The van der Waals surface area contributed by atoms with E-state index in [-0.39, 0.29) is 42.4 Å². The van der Waals surface area contributed by atoms with Gasteiger partial charge in [0.2, 0.25) is 5.91 Å². The predicted molar refractivity (Wildman–Crippen MR) is 128 cm³/mol. The third-order valence-corrected chi connectivity index (χ3v) is 6.95. The lowest BCUT2D eigenvalue weighted by atomic mass is 9.66. The first-order valence-electron chi connectivity index (χ1n) is 11.6. The van der Waals surface area contributed by atoms with Crippen LogP contribution in [0.25, 0.3) is 11.1 Å². The number of fused-ring (bicyclic) bond motifs is 3. The van der Waals surface area contributed by atoms with Crippen molar-refractivity contribution in [3.05, 3.63) is 71.3 Å². The molecule has 1 fully saturated rings. The molecule has 2 aromatic carbocycles. The molecule has 0 aromatic heterocycles. The van der Waals surface area contributed by atoms with Crippen molar-refractivity contribution < 1.29 is 24.2 Å². The van der Waals surface area contributed by atoms with E-state index in [4.69, 9.17) is 9.84 Å². The first kappa shape index (κ1) is 23.5. The molecule has 0 spiro atoms. The van der Waals surface area contributed by atoms with Crippen LogP contribution in [0, 0.1) is 5.41 Å². The van der Waals surface area contributed by atoms with Gasteiger partial charge in [-0.25, -0.2) is 9.59 Å². The summed E-state index contributed by atoms with van der Waals surface area (Å²) in [7, 11) is 0. The number of rotatable bonds is 9. The molecular formula is C27H30N2O5. The molecule has 2 aromatic rings. The first-order valence-corrected chi connectivity index (χ1v) is 11.6. The Balaban J connectivity index is 1.28. The number of nitrogens with one attached hydrogen (secondary N) is 2. The Morgan fingerprint density at radius 2 is 1.65 bits per heavy atom. The highest BCUT2D eigenvalue weighted by Gasteiger charge is 2.39. The van der Waals surface area contributed by atoms with Crippen LogP contribution in [0.4, 0.5) is 4.79 Å². The van der Waals surface area contributed by atoms with Gasteiger partial charge >= 0.3 is 12.1 Å². The van der Waals surface area contributed by atoms with E-state index in [0.29, 0.717) is 6.54 Å². The molecule has 34 heavy (non-hydrogen) atoms. The molecule has 0 radical (unpaired) electrons. The number of benzene rings is 2. The number of carboxylic acids is 1. The fraction of sp³-hybridized carbons (Fsp3) is 0.370. The topological polar surface area (TPSA) is 105 Å². The molecule has 7 heteroatoms. The van der Waals surface area contributed by atoms with Crippen molar-refractivity contribution in [2.45, 2.75) is 38.5 Å². The van der Waals surface area contributed by atoms with Crippen LogP contribution in [0.15, 0.2) is 60.2 Å². The van der Waals surface area contributed by atoms with E-state index < -0.39 is 12.1 Å². The fourth-order valence-corrected chi connectivity index (χ4v) is 4.81. The van der Waals surface area contributed by atoms with Crippen LogP contribution in [0.1, 0.15) is 49.7 Å². The van der Waals surface area contributed by atoms with Crippen LogP contribution in [-0.4, -0.2) is 42.8 Å². The Labute approximate surface area is 199 Å². The highest BCUT2D eigenvalue weighted by Crippen LogP contribution is 2.45. The molecule has 0 bridgehead atoms. The van der Waals surface area contributed by atoms with Crippen LogP contribution < -0.4 is 10.6 Å². The fourth-order valence-electron chi connectivity index (χ4n) is 4.81. The minimum Gasteiger partial charge on any atom is -0.478 e. The lowest BCUT2D eigenvalue weighted by Gasteiger charge is -2.41. The predicted octanol–water partition coefficient (Wildman–Crippen LogP) is 4.23. The standard InChI is InChI=1S/C27H30N2O5/c1-18(25(31)32)11-14-28-24(30)15-27(12-6-13-27)17-29-26(33)34-16-23-21-9-4-2-7-19(21)20-8-3-5-10-22(20)23/h2-5,7-11,23H,6,12-17H2,1H3,(H,28,30)(H,29,33)(H,31,32)/b18-11+. The number of carbonyl (C=O) groups is 3. The number of amides is 2. The van der Waals surface area contributed by atoms with E-state index in [1.54, 1.807) is 0 Å². The van der Waals surface area contributed by atoms with Crippen molar-refractivity contribution in [1.29, 1.82) is 0 Å². The summed E-state index contributed by atoms with van der Waals surface area (Å²) in [6.45, 7) is 2.29. The summed E-state index contributed by atoms with van der Waals surface area (Å²) >= 11 is 0. The van der Waals surface area contributed by atoms with Crippen molar-refractivity contribution in [1.82, 2.24) is 10.6 Å². The average Bonchev–Trinajstić information content (AvgIpc) is 3.13. The van der Waals surface area contributed by atoms with Crippen LogP contribution >= 0.6 is 0 Å². The highest BCUT2D eigenvalue weighted by molar-refractivity contribution is 5.86. The molecule has 0 unspecified atom stereocenters. The van der Waals surface area contributed by atoms with Crippen molar-refractivity contribution >= 4 is 18.0 Å². The Morgan fingerprint density at radius 3 is 2.21 bits per heavy atom. The average molecular weight is 463 g/mol. The minimum absolute atomic E-state index is 0.00362. The Kier molecular flexibility index (Phi) is 7.01. The molecule has 1 saturated carbocycles. The smallest absolute Gasteiger partial charge is 0.407 e. The number of aliphatic carboxylic acids is 1. The third-order valence-electron chi connectivity index (χ3n) is 6.95. The van der Waals surface area contributed by atoms with Gasteiger partial charge in [0.15, 0.2) is 0 Å². The molecule has 7 nitrogen and oxygen atoms in total. The number of ether oxygens (including phenoxy) is 1. The van der Waals surface area contributed by atoms with Crippen LogP contribution in [-0.2, 0) is 14.3 Å². The molecule has 0 saturated heterocycles. The van der Waals surface area contributed by atoms with Gasteiger partial charge in [0, 0.05) is 31.0 Å². The monoisotopic (exact) mass is 462 g/mol. The van der Waals surface area contributed by atoms with Gasteiger partial charge in [-0.2, -0.15) is 0 Å². The zero-order valence-corrected chi connectivity index (χ0v) is 19.3. The molecular weight excluding hydrogens is 432 g/mol. The van der Waals surface area contributed by atoms with E-state index in [1.807, 2.05) is 24.3 Å². The number of alkyl carbamates (subject to hydrolysis) is 1. The summed E-state index contributed by atoms with van der Waals surface area (Å²) in [5, 5.41) is 14.5. The molecule has 0 atom stereocenters. The van der Waals surface area contributed by atoms with Crippen molar-refractivity contribution in [2.75, 3.05) is 19.7 Å². The van der Waals surface area contributed by atoms with Gasteiger partial charge in [-0.05, 0) is 47.4 Å². The number of hydrogen-bond donors (Lipinski definition) is 3. The summed E-state index contributed by atoms with van der Waals surface area (Å²) in [6.07, 6.45) is 4.01. The van der Waals surface area contributed by atoms with Gasteiger partial charge < -0.3 is 20.5 Å². The zero-order valence-electron chi connectivity index (χ0n) is 19.3. The second kappa shape index (κ2) is 10.1. The van der Waals surface area contributed by atoms with Crippen molar-refractivity contribution in [2.24, 2.45) is 5.41 Å². The second-order valence-corrected chi connectivity index (χ2v) is 9.21. The largest absolute Gasteiger partial charge is 0.478 e.